The van der Waals surface area contributed by atoms with Gasteiger partial charge in [0.15, 0.2) is 11.5 Å². The number of anilines is 3. The molecule has 1 fully saturated rings. The van der Waals surface area contributed by atoms with E-state index in [9.17, 15) is 4.39 Å². The summed E-state index contributed by atoms with van der Waals surface area (Å²) in [6.07, 6.45) is 5.24. The molecule has 1 atom stereocenters. The van der Waals surface area contributed by atoms with E-state index in [0.29, 0.717) is 29.0 Å². The highest BCUT2D eigenvalue weighted by Crippen LogP contribution is 2.21. The van der Waals surface area contributed by atoms with Crippen molar-refractivity contribution in [1.82, 2.24) is 25.3 Å². The molecule has 1 aromatic carbocycles. The van der Waals surface area contributed by atoms with Crippen LogP contribution in [0.1, 0.15) is 19.3 Å². The third-order valence-electron chi connectivity index (χ3n) is 4.31. The zero-order valence-corrected chi connectivity index (χ0v) is 13.7. The van der Waals surface area contributed by atoms with E-state index in [1.54, 1.807) is 18.5 Å². The molecule has 8 heteroatoms. The summed E-state index contributed by atoms with van der Waals surface area (Å²) >= 11 is 0. The quantitative estimate of drug-likeness (QED) is 0.570. The van der Waals surface area contributed by atoms with Gasteiger partial charge in [-0.1, -0.05) is 6.42 Å². The van der Waals surface area contributed by atoms with E-state index in [0.717, 1.165) is 25.2 Å². The molecule has 1 aliphatic rings. The number of piperidine rings is 1. The fourth-order valence-corrected chi connectivity index (χ4v) is 3.00. The molecular formula is C17H20FN7. The second-order valence-corrected chi connectivity index (χ2v) is 6.16. The number of halogens is 1. The number of aromatic nitrogens is 4. The lowest BCUT2D eigenvalue weighted by atomic mass is 10.1. The Morgan fingerprint density at radius 1 is 1.16 bits per heavy atom. The highest BCUT2D eigenvalue weighted by Gasteiger charge is 2.15. The number of nitrogens with zero attached hydrogens (tertiary/aromatic N) is 3. The molecule has 1 aliphatic heterocycles. The van der Waals surface area contributed by atoms with Gasteiger partial charge in [-0.3, -0.25) is 0 Å². The molecular weight excluding hydrogens is 321 g/mol. The Labute approximate surface area is 144 Å². The average molecular weight is 341 g/mol. The standard InChI is InChI=1S/C17H20FN7/c18-11-4-6-12(7-5-11)23-17-24-15(14-16(25-17)22-10-21-14)20-9-13-3-1-2-8-19-13/h4-7,10,13,19H,1-3,8-9H2,(H3,20,21,22,23,24,25)/t13-/m0/s1. The zero-order valence-electron chi connectivity index (χ0n) is 13.7. The van der Waals surface area contributed by atoms with E-state index in [4.69, 9.17) is 0 Å². The van der Waals surface area contributed by atoms with Gasteiger partial charge in [0.05, 0.1) is 6.33 Å². The normalized spacial score (nSPS) is 17.6. The van der Waals surface area contributed by atoms with Crippen LogP contribution in [0.5, 0.6) is 0 Å². The van der Waals surface area contributed by atoms with E-state index in [-0.39, 0.29) is 5.82 Å². The minimum absolute atomic E-state index is 0.280. The first-order chi connectivity index (χ1) is 12.3. The number of rotatable bonds is 5. The van der Waals surface area contributed by atoms with Crippen molar-refractivity contribution in [2.24, 2.45) is 0 Å². The second-order valence-electron chi connectivity index (χ2n) is 6.16. The van der Waals surface area contributed by atoms with Crippen molar-refractivity contribution in [3.63, 3.8) is 0 Å². The number of hydrogen-bond acceptors (Lipinski definition) is 6. The fourth-order valence-electron chi connectivity index (χ4n) is 3.00. The van der Waals surface area contributed by atoms with Crippen molar-refractivity contribution in [3.05, 3.63) is 36.4 Å². The molecule has 0 bridgehead atoms. The number of nitrogens with one attached hydrogen (secondary N) is 4. The summed E-state index contributed by atoms with van der Waals surface area (Å²) in [5, 5.41) is 9.99. The van der Waals surface area contributed by atoms with Crippen molar-refractivity contribution in [2.45, 2.75) is 25.3 Å². The maximum Gasteiger partial charge on any atom is 0.231 e. The Morgan fingerprint density at radius 2 is 2.04 bits per heavy atom. The first-order valence-corrected chi connectivity index (χ1v) is 8.49. The van der Waals surface area contributed by atoms with Gasteiger partial charge in [-0.2, -0.15) is 9.97 Å². The van der Waals surface area contributed by atoms with Gasteiger partial charge >= 0.3 is 0 Å². The highest BCUT2D eigenvalue weighted by atomic mass is 19.1. The SMILES string of the molecule is Fc1ccc(Nc2nc(NC[C@@H]3CCCCN3)c3nc[nH]c3n2)cc1. The maximum atomic E-state index is 13.0. The van der Waals surface area contributed by atoms with Crippen molar-refractivity contribution >= 4 is 28.6 Å². The van der Waals surface area contributed by atoms with Gasteiger partial charge in [0.2, 0.25) is 5.95 Å². The third-order valence-corrected chi connectivity index (χ3v) is 4.31. The van der Waals surface area contributed by atoms with E-state index >= 15 is 0 Å². The summed E-state index contributed by atoms with van der Waals surface area (Å²) in [6.45, 7) is 1.85. The molecule has 1 saturated heterocycles. The average Bonchev–Trinajstić information content (AvgIpc) is 3.11. The first kappa shape index (κ1) is 15.8. The molecule has 4 rings (SSSR count). The molecule has 0 radical (unpaired) electrons. The van der Waals surface area contributed by atoms with Gasteiger partial charge < -0.3 is 20.9 Å². The predicted octanol–water partition coefficient (Wildman–Crippen LogP) is 2.79. The van der Waals surface area contributed by atoms with Crippen LogP contribution >= 0.6 is 0 Å². The Morgan fingerprint density at radius 3 is 2.84 bits per heavy atom. The number of benzene rings is 1. The van der Waals surface area contributed by atoms with Gasteiger partial charge in [-0.15, -0.1) is 0 Å². The Balaban J connectivity index is 1.54. The van der Waals surface area contributed by atoms with Gasteiger partial charge in [0.1, 0.15) is 11.3 Å². The lowest BCUT2D eigenvalue weighted by molar-refractivity contribution is 0.414. The molecule has 0 saturated carbocycles. The minimum atomic E-state index is -0.280. The van der Waals surface area contributed by atoms with Crippen LogP contribution < -0.4 is 16.0 Å². The predicted molar refractivity (Wildman–Crippen MR) is 95.5 cm³/mol. The van der Waals surface area contributed by atoms with E-state index in [1.165, 1.54) is 25.0 Å². The van der Waals surface area contributed by atoms with E-state index in [1.807, 2.05) is 0 Å². The van der Waals surface area contributed by atoms with Crippen molar-refractivity contribution < 1.29 is 4.39 Å². The van der Waals surface area contributed by atoms with Crippen LogP contribution in [0.15, 0.2) is 30.6 Å². The number of fused-ring (bicyclic) bond motifs is 1. The molecule has 7 nitrogen and oxygen atoms in total. The van der Waals surface area contributed by atoms with Crippen molar-refractivity contribution in [1.29, 1.82) is 0 Å². The monoisotopic (exact) mass is 341 g/mol. The first-order valence-electron chi connectivity index (χ1n) is 8.49. The zero-order chi connectivity index (χ0) is 17.1. The lowest BCUT2D eigenvalue weighted by Crippen LogP contribution is -2.39. The Hall–Kier alpha value is -2.74. The summed E-state index contributed by atoms with van der Waals surface area (Å²) in [6, 6.07) is 6.52. The van der Waals surface area contributed by atoms with Gasteiger partial charge in [-0.25, -0.2) is 9.37 Å². The van der Waals surface area contributed by atoms with Crippen LogP contribution in [0.25, 0.3) is 11.2 Å². The summed E-state index contributed by atoms with van der Waals surface area (Å²) in [4.78, 5) is 16.3. The summed E-state index contributed by atoms with van der Waals surface area (Å²) in [7, 11) is 0. The maximum absolute atomic E-state index is 13.0. The Kier molecular flexibility index (Phi) is 4.43. The lowest BCUT2D eigenvalue weighted by Gasteiger charge is -2.23. The third kappa shape index (κ3) is 3.69. The molecule has 3 heterocycles. The van der Waals surface area contributed by atoms with Crippen LogP contribution in [0.3, 0.4) is 0 Å². The molecule has 3 aromatic rings. The Bertz CT molecular complexity index is 840. The highest BCUT2D eigenvalue weighted by molar-refractivity contribution is 5.84. The van der Waals surface area contributed by atoms with Gasteiger partial charge in [0.25, 0.3) is 0 Å². The van der Waals surface area contributed by atoms with Crippen LogP contribution in [0.2, 0.25) is 0 Å². The second kappa shape index (κ2) is 7.02. The van der Waals surface area contributed by atoms with Crippen LogP contribution in [0.4, 0.5) is 21.8 Å². The molecule has 4 N–H and O–H groups in total. The smallest absolute Gasteiger partial charge is 0.231 e. The van der Waals surface area contributed by atoms with Crippen LogP contribution in [-0.4, -0.2) is 39.1 Å². The molecule has 130 valence electrons. The van der Waals surface area contributed by atoms with E-state index in [2.05, 4.69) is 35.9 Å². The van der Waals surface area contributed by atoms with Crippen molar-refractivity contribution in [2.75, 3.05) is 23.7 Å². The molecule has 0 amide bonds. The molecule has 0 aliphatic carbocycles. The molecule has 25 heavy (non-hydrogen) atoms. The number of aromatic amines is 1. The molecule has 0 spiro atoms. The summed E-state index contributed by atoms with van der Waals surface area (Å²) in [5.74, 6) is 0.837. The van der Waals surface area contributed by atoms with Crippen molar-refractivity contribution in [3.8, 4) is 0 Å². The molecule has 2 aromatic heterocycles. The van der Waals surface area contributed by atoms with Crippen LogP contribution in [-0.2, 0) is 0 Å². The summed E-state index contributed by atoms with van der Waals surface area (Å²) in [5.41, 5.74) is 2.08. The number of hydrogen-bond donors (Lipinski definition) is 4. The van der Waals surface area contributed by atoms with Gasteiger partial charge in [0, 0.05) is 18.3 Å². The number of H-pyrrole nitrogens is 1. The largest absolute Gasteiger partial charge is 0.366 e. The number of imidazole rings is 1. The molecule has 0 unspecified atom stereocenters. The fraction of sp³-hybridized carbons (Fsp3) is 0.353. The summed E-state index contributed by atoms with van der Waals surface area (Å²) < 4.78 is 13.0. The minimum Gasteiger partial charge on any atom is -0.366 e. The van der Waals surface area contributed by atoms with Gasteiger partial charge in [-0.05, 0) is 43.7 Å². The van der Waals surface area contributed by atoms with Crippen LogP contribution in [0, 0.1) is 5.82 Å². The van der Waals surface area contributed by atoms with E-state index < -0.39 is 0 Å². The topological polar surface area (TPSA) is 90.5 Å².